The molecule has 1 aromatic carbocycles. The van der Waals surface area contributed by atoms with Crippen LogP contribution >= 0.6 is 34.8 Å². The van der Waals surface area contributed by atoms with Gasteiger partial charge in [-0.3, -0.25) is 0 Å². The van der Waals surface area contributed by atoms with E-state index in [-0.39, 0.29) is 12.7 Å². The Morgan fingerprint density at radius 3 is 2.43 bits per heavy atom. The Balaban J connectivity index is 2.27. The summed E-state index contributed by atoms with van der Waals surface area (Å²) in [4.78, 5) is 0. The molecule has 0 bridgehead atoms. The third kappa shape index (κ3) is 7.54. The van der Waals surface area contributed by atoms with Crippen LogP contribution in [-0.2, 0) is 9.47 Å². The van der Waals surface area contributed by atoms with Crippen LogP contribution in [0.4, 0.5) is 5.69 Å². The molecular weight excluding hydrogens is 337 g/mol. The van der Waals surface area contributed by atoms with Crippen LogP contribution in [0.3, 0.4) is 0 Å². The van der Waals surface area contributed by atoms with Gasteiger partial charge in [-0.25, -0.2) is 0 Å². The first-order valence-electron chi connectivity index (χ1n) is 6.66. The summed E-state index contributed by atoms with van der Waals surface area (Å²) in [6.07, 6.45) is -0.480. The molecule has 4 nitrogen and oxygen atoms in total. The number of ether oxygens (including phenoxy) is 2. The summed E-state index contributed by atoms with van der Waals surface area (Å²) in [5.74, 6) is 0. The molecule has 0 spiro atoms. The number of aliphatic hydroxyl groups is 1. The van der Waals surface area contributed by atoms with Crippen LogP contribution in [-0.4, -0.2) is 43.7 Å². The second-order valence-electron chi connectivity index (χ2n) is 4.78. The summed E-state index contributed by atoms with van der Waals surface area (Å²) in [6, 6.07) is 3.18. The van der Waals surface area contributed by atoms with E-state index in [0.29, 0.717) is 40.5 Å². The molecule has 7 heteroatoms. The third-order valence-electron chi connectivity index (χ3n) is 2.53. The van der Waals surface area contributed by atoms with Gasteiger partial charge in [0.25, 0.3) is 0 Å². The molecule has 0 aromatic heterocycles. The molecule has 0 amide bonds. The van der Waals surface area contributed by atoms with Gasteiger partial charge in [-0.2, -0.15) is 0 Å². The van der Waals surface area contributed by atoms with Gasteiger partial charge < -0.3 is 19.9 Å². The predicted molar refractivity (Wildman–Crippen MR) is 87.9 cm³/mol. The first kappa shape index (κ1) is 18.8. The maximum Gasteiger partial charge on any atom is 0.0945 e. The minimum absolute atomic E-state index is 0.178. The van der Waals surface area contributed by atoms with Gasteiger partial charge in [-0.05, 0) is 26.0 Å². The van der Waals surface area contributed by atoms with E-state index in [1.54, 1.807) is 12.1 Å². The topological polar surface area (TPSA) is 50.7 Å². The van der Waals surface area contributed by atoms with E-state index in [1.807, 2.05) is 13.8 Å². The highest BCUT2D eigenvalue weighted by Gasteiger charge is 2.09. The van der Waals surface area contributed by atoms with Crippen LogP contribution < -0.4 is 5.32 Å². The van der Waals surface area contributed by atoms with Crippen LogP contribution in [0.1, 0.15) is 13.8 Å². The number of benzene rings is 1. The number of nitrogens with one attached hydrogen (secondary N) is 1. The van der Waals surface area contributed by atoms with Crippen molar-refractivity contribution in [3.63, 3.8) is 0 Å². The summed E-state index contributed by atoms with van der Waals surface area (Å²) in [5.41, 5.74) is 0.619. The number of anilines is 1. The van der Waals surface area contributed by atoms with Crippen molar-refractivity contribution in [2.24, 2.45) is 0 Å². The monoisotopic (exact) mass is 355 g/mol. The van der Waals surface area contributed by atoms with Gasteiger partial charge in [0.2, 0.25) is 0 Å². The van der Waals surface area contributed by atoms with E-state index in [0.717, 1.165) is 0 Å². The van der Waals surface area contributed by atoms with Gasteiger partial charge in [0, 0.05) is 6.54 Å². The number of hydrogen-bond acceptors (Lipinski definition) is 4. The fraction of sp³-hybridized carbons (Fsp3) is 0.571. The molecule has 1 atom stereocenters. The number of halogens is 3. The lowest BCUT2D eigenvalue weighted by Gasteiger charge is -2.15. The molecule has 0 aliphatic rings. The fourth-order valence-corrected chi connectivity index (χ4v) is 2.12. The Morgan fingerprint density at radius 1 is 1.10 bits per heavy atom. The van der Waals surface area contributed by atoms with Crippen LogP contribution in [0, 0.1) is 0 Å². The quantitative estimate of drug-likeness (QED) is 0.521. The zero-order valence-corrected chi connectivity index (χ0v) is 14.3. The highest BCUT2D eigenvalue weighted by atomic mass is 35.5. The van der Waals surface area contributed by atoms with Crippen molar-refractivity contribution in [1.82, 2.24) is 0 Å². The largest absolute Gasteiger partial charge is 0.389 e. The zero-order valence-electron chi connectivity index (χ0n) is 12.0. The van der Waals surface area contributed by atoms with E-state index >= 15 is 0 Å². The van der Waals surface area contributed by atoms with Gasteiger partial charge in [-0.15, -0.1) is 0 Å². The number of rotatable bonds is 9. The maximum atomic E-state index is 9.80. The molecule has 1 rings (SSSR count). The Kier molecular flexibility index (Phi) is 8.71. The Bertz CT molecular complexity index is 444. The van der Waals surface area contributed by atoms with Crippen molar-refractivity contribution in [1.29, 1.82) is 0 Å². The van der Waals surface area contributed by atoms with Crippen molar-refractivity contribution in [2.75, 3.05) is 31.7 Å². The van der Waals surface area contributed by atoms with Crippen LogP contribution in [0.5, 0.6) is 0 Å². The van der Waals surface area contributed by atoms with E-state index in [9.17, 15) is 5.11 Å². The van der Waals surface area contributed by atoms with Crippen LogP contribution in [0.25, 0.3) is 0 Å². The second-order valence-corrected chi connectivity index (χ2v) is 6.00. The van der Waals surface area contributed by atoms with E-state index in [1.165, 1.54) is 0 Å². The van der Waals surface area contributed by atoms with E-state index < -0.39 is 6.10 Å². The molecule has 0 heterocycles. The van der Waals surface area contributed by atoms with Gasteiger partial charge in [0.15, 0.2) is 0 Å². The molecule has 0 aliphatic carbocycles. The fourth-order valence-electron chi connectivity index (χ4n) is 1.51. The van der Waals surface area contributed by atoms with E-state index in [4.69, 9.17) is 44.3 Å². The molecule has 120 valence electrons. The Hall–Kier alpha value is -0.230. The first-order chi connectivity index (χ1) is 9.90. The molecule has 2 N–H and O–H groups in total. The maximum absolute atomic E-state index is 9.80. The molecule has 0 saturated carbocycles. The first-order valence-corrected chi connectivity index (χ1v) is 7.79. The molecular formula is C14H20Cl3NO3. The molecule has 0 fully saturated rings. The molecule has 1 unspecified atom stereocenters. The lowest BCUT2D eigenvalue weighted by molar-refractivity contribution is -0.00734. The second kappa shape index (κ2) is 9.72. The Morgan fingerprint density at radius 2 is 1.76 bits per heavy atom. The van der Waals surface area contributed by atoms with Gasteiger partial charge >= 0.3 is 0 Å². The normalized spacial score (nSPS) is 12.7. The lowest BCUT2D eigenvalue weighted by atomic mass is 10.3. The highest BCUT2D eigenvalue weighted by Crippen LogP contribution is 2.32. The van der Waals surface area contributed by atoms with Crippen molar-refractivity contribution >= 4 is 40.5 Å². The summed E-state index contributed by atoms with van der Waals surface area (Å²) < 4.78 is 10.6. The SMILES string of the molecule is CC(C)OCCOCC(O)CNc1cc(Cl)c(Cl)cc1Cl. The summed E-state index contributed by atoms with van der Waals surface area (Å²) in [6.45, 7) is 5.38. The van der Waals surface area contributed by atoms with Gasteiger partial charge in [0.05, 0.1) is 52.8 Å². The zero-order chi connectivity index (χ0) is 15.8. The number of hydrogen-bond donors (Lipinski definition) is 2. The van der Waals surface area contributed by atoms with Crippen molar-refractivity contribution in [3.8, 4) is 0 Å². The smallest absolute Gasteiger partial charge is 0.0945 e. The van der Waals surface area contributed by atoms with Crippen LogP contribution in [0.15, 0.2) is 12.1 Å². The average Bonchev–Trinajstić information content (AvgIpc) is 2.40. The average molecular weight is 357 g/mol. The number of aliphatic hydroxyl groups excluding tert-OH is 1. The standard InChI is InChI=1S/C14H20Cl3NO3/c1-9(2)21-4-3-20-8-10(19)7-18-14-6-12(16)11(15)5-13(14)17/h5-6,9-10,18-19H,3-4,7-8H2,1-2H3. The summed E-state index contributed by atoms with van der Waals surface area (Å²) in [7, 11) is 0. The Labute approximate surface area is 140 Å². The molecule has 1 aromatic rings. The molecule has 21 heavy (non-hydrogen) atoms. The van der Waals surface area contributed by atoms with Gasteiger partial charge in [0.1, 0.15) is 0 Å². The van der Waals surface area contributed by atoms with Gasteiger partial charge in [-0.1, -0.05) is 34.8 Å². The van der Waals surface area contributed by atoms with Crippen LogP contribution in [0.2, 0.25) is 15.1 Å². The lowest BCUT2D eigenvalue weighted by Crippen LogP contribution is -2.26. The molecule has 0 saturated heterocycles. The predicted octanol–water partition coefficient (Wildman–Crippen LogP) is 3.86. The summed E-state index contributed by atoms with van der Waals surface area (Å²) in [5, 5.41) is 14.0. The highest BCUT2D eigenvalue weighted by molar-refractivity contribution is 6.44. The van der Waals surface area contributed by atoms with E-state index in [2.05, 4.69) is 5.32 Å². The third-order valence-corrected chi connectivity index (χ3v) is 3.56. The van der Waals surface area contributed by atoms with Crippen molar-refractivity contribution in [2.45, 2.75) is 26.1 Å². The molecule has 0 aliphatic heterocycles. The minimum atomic E-state index is -0.658. The molecule has 0 radical (unpaired) electrons. The minimum Gasteiger partial charge on any atom is -0.389 e. The van der Waals surface area contributed by atoms with Crippen molar-refractivity contribution in [3.05, 3.63) is 27.2 Å². The summed E-state index contributed by atoms with van der Waals surface area (Å²) >= 11 is 17.8. The van der Waals surface area contributed by atoms with Crippen molar-refractivity contribution < 1.29 is 14.6 Å².